The van der Waals surface area contributed by atoms with E-state index in [1.54, 1.807) is 24.3 Å². The van der Waals surface area contributed by atoms with Crippen molar-refractivity contribution in [2.24, 2.45) is 0 Å². The van der Waals surface area contributed by atoms with Gasteiger partial charge in [0.15, 0.2) is 0 Å². The van der Waals surface area contributed by atoms with Crippen LogP contribution >= 0.6 is 11.8 Å². The average Bonchev–Trinajstić information content (AvgIpc) is 2.92. The standard InChI is InChI=1S/C12H13N3O5S2/c1-19-10(16)7-21-12-14-13-11(20-12)8-3-5-9(6-4-8)15-22(2,17)18/h3-6,15H,7H2,1-2H3. The van der Waals surface area contributed by atoms with E-state index in [9.17, 15) is 13.2 Å². The number of anilines is 1. The monoisotopic (exact) mass is 343 g/mol. The van der Waals surface area contributed by atoms with Gasteiger partial charge in [-0.05, 0) is 24.3 Å². The van der Waals surface area contributed by atoms with Crippen molar-refractivity contribution in [2.75, 3.05) is 23.8 Å². The summed E-state index contributed by atoms with van der Waals surface area (Å²) in [6, 6.07) is 6.47. The number of sulfonamides is 1. The molecule has 0 bridgehead atoms. The molecule has 0 radical (unpaired) electrons. The van der Waals surface area contributed by atoms with Crippen LogP contribution in [0.5, 0.6) is 0 Å². The van der Waals surface area contributed by atoms with Crippen LogP contribution < -0.4 is 4.72 Å². The number of ether oxygens (including phenoxy) is 1. The van der Waals surface area contributed by atoms with Gasteiger partial charge in [-0.1, -0.05) is 11.8 Å². The molecular weight excluding hydrogens is 330 g/mol. The van der Waals surface area contributed by atoms with E-state index < -0.39 is 10.0 Å². The van der Waals surface area contributed by atoms with Crippen LogP contribution in [0.25, 0.3) is 11.5 Å². The molecule has 0 aliphatic carbocycles. The summed E-state index contributed by atoms with van der Waals surface area (Å²) >= 11 is 1.07. The maximum Gasteiger partial charge on any atom is 0.316 e. The summed E-state index contributed by atoms with van der Waals surface area (Å²) in [5.74, 6) is -0.0331. The third kappa shape index (κ3) is 4.74. The van der Waals surface area contributed by atoms with E-state index >= 15 is 0 Å². The predicted octanol–water partition coefficient (Wildman–Crippen LogP) is 1.37. The van der Waals surface area contributed by atoms with Crippen molar-refractivity contribution in [3.8, 4) is 11.5 Å². The smallest absolute Gasteiger partial charge is 0.316 e. The van der Waals surface area contributed by atoms with Crippen LogP contribution in [-0.2, 0) is 19.6 Å². The third-order valence-electron chi connectivity index (χ3n) is 2.38. The highest BCUT2D eigenvalue weighted by Gasteiger charge is 2.11. The molecular formula is C12H13N3O5S2. The van der Waals surface area contributed by atoms with Crippen molar-refractivity contribution in [3.05, 3.63) is 24.3 Å². The van der Waals surface area contributed by atoms with E-state index in [1.807, 2.05) is 0 Å². The molecule has 1 heterocycles. The van der Waals surface area contributed by atoms with E-state index in [-0.39, 0.29) is 22.8 Å². The molecule has 0 amide bonds. The first-order valence-corrected chi connectivity index (χ1v) is 8.86. The number of aromatic nitrogens is 2. The highest BCUT2D eigenvalue weighted by atomic mass is 32.2. The molecule has 0 spiro atoms. The Labute approximate surface area is 131 Å². The number of nitrogens with zero attached hydrogens (tertiary/aromatic N) is 2. The summed E-state index contributed by atoms with van der Waals surface area (Å²) in [7, 11) is -2.02. The van der Waals surface area contributed by atoms with Crippen molar-refractivity contribution in [3.63, 3.8) is 0 Å². The van der Waals surface area contributed by atoms with Gasteiger partial charge in [-0.3, -0.25) is 9.52 Å². The maximum atomic E-state index is 11.1. The predicted molar refractivity (Wildman–Crippen MR) is 80.9 cm³/mol. The Bertz CT molecular complexity index is 755. The van der Waals surface area contributed by atoms with Gasteiger partial charge in [-0.15, -0.1) is 10.2 Å². The second-order valence-electron chi connectivity index (χ2n) is 4.19. The van der Waals surface area contributed by atoms with Crippen LogP contribution in [0.15, 0.2) is 33.9 Å². The van der Waals surface area contributed by atoms with E-state index in [2.05, 4.69) is 19.7 Å². The zero-order valence-electron chi connectivity index (χ0n) is 11.8. The van der Waals surface area contributed by atoms with Gasteiger partial charge in [-0.25, -0.2) is 8.42 Å². The number of carbonyl (C=O) groups excluding carboxylic acids is 1. The highest BCUT2D eigenvalue weighted by Crippen LogP contribution is 2.24. The van der Waals surface area contributed by atoms with Crippen molar-refractivity contribution >= 4 is 33.4 Å². The quantitative estimate of drug-likeness (QED) is 0.618. The van der Waals surface area contributed by atoms with Crippen LogP contribution in [-0.4, -0.2) is 43.7 Å². The summed E-state index contributed by atoms with van der Waals surface area (Å²) in [6.07, 6.45) is 1.07. The van der Waals surface area contributed by atoms with Gasteiger partial charge in [0.2, 0.25) is 15.9 Å². The van der Waals surface area contributed by atoms with Crippen LogP contribution in [0.2, 0.25) is 0 Å². The molecule has 1 aromatic carbocycles. The van der Waals surface area contributed by atoms with Crippen LogP contribution in [0, 0.1) is 0 Å². The summed E-state index contributed by atoms with van der Waals surface area (Å²) in [5, 5.41) is 7.92. The molecule has 22 heavy (non-hydrogen) atoms. The second-order valence-corrected chi connectivity index (χ2v) is 6.86. The molecule has 0 saturated carbocycles. The fourth-order valence-electron chi connectivity index (χ4n) is 1.46. The Morgan fingerprint density at radius 3 is 2.59 bits per heavy atom. The lowest BCUT2D eigenvalue weighted by molar-refractivity contribution is -0.137. The van der Waals surface area contributed by atoms with Gasteiger partial charge >= 0.3 is 5.97 Å². The number of carbonyl (C=O) groups is 1. The number of thioether (sulfide) groups is 1. The molecule has 8 nitrogen and oxygen atoms in total. The van der Waals surface area contributed by atoms with Crippen LogP contribution in [0.3, 0.4) is 0 Å². The lowest BCUT2D eigenvalue weighted by atomic mass is 10.2. The molecule has 0 saturated heterocycles. The maximum absolute atomic E-state index is 11.1. The third-order valence-corrected chi connectivity index (χ3v) is 3.78. The Morgan fingerprint density at radius 1 is 1.32 bits per heavy atom. The van der Waals surface area contributed by atoms with Crippen molar-refractivity contribution in [2.45, 2.75) is 5.22 Å². The van der Waals surface area contributed by atoms with Gasteiger partial charge < -0.3 is 9.15 Å². The molecule has 0 atom stereocenters. The van der Waals surface area contributed by atoms with Gasteiger partial charge in [0.1, 0.15) is 5.75 Å². The molecule has 118 valence electrons. The molecule has 1 N–H and O–H groups in total. The van der Waals surface area contributed by atoms with Crippen molar-refractivity contribution in [1.29, 1.82) is 0 Å². The molecule has 0 aliphatic rings. The first-order valence-electron chi connectivity index (χ1n) is 5.99. The molecule has 0 aliphatic heterocycles. The summed E-state index contributed by atoms with van der Waals surface area (Å²) in [5.41, 5.74) is 1.07. The minimum Gasteiger partial charge on any atom is -0.468 e. The number of esters is 1. The Balaban J connectivity index is 2.06. The Kier molecular flexibility index (Phi) is 5.03. The topological polar surface area (TPSA) is 111 Å². The van der Waals surface area contributed by atoms with E-state index in [0.29, 0.717) is 11.3 Å². The summed E-state index contributed by atoms with van der Waals surface area (Å²) in [4.78, 5) is 11.0. The highest BCUT2D eigenvalue weighted by molar-refractivity contribution is 7.99. The van der Waals surface area contributed by atoms with Gasteiger partial charge in [0.05, 0.1) is 13.4 Å². The lowest BCUT2D eigenvalue weighted by Gasteiger charge is -2.03. The SMILES string of the molecule is COC(=O)CSc1nnc(-c2ccc(NS(C)(=O)=O)cc2)o1. The average molecular weight is 343 g/mol. The van der Waals surface area contributed by atoms with Gasteiger partial charge in [0.25, 0.3) is 5.22 Å². The van der Waals surface area contributed by atoms with Gasteiger partial charge in [-0.2, -0.15) is 0 Å². The summed E-state index contributed by atoms with van der Waals surface area (Å²) < 4.78 is 34.5. The number of rotatable bonds is 6. The summed E-state index contributed by atoms with van der Waals surface area (Å²) in [6.45, 7) is 0. The zero-order chi connectivity index (χ0) is 16.2. The number of hydrogen-bond acceptors (Lipinski definition) is 8. The van der Waals surface area contributed by atoms with Crippen molar-refractivity contribution < 1.29 is 22.4 Å². The lowest BCUT2D eigenvalue weighted by Crippen LogP contribution is -2.09. The fourth-order valence-corrected chi connectivity index (χ4v) is 2.62. The number of hydrogen-bond donors (Lipinski definition) is 1. The minimum absolute atomic E-state index is 0.0787. The van der Waals surface area contributed by atoms with Crippen LogP contribution in [0.1, 0.15) is 0 Å². The van der Waals surface area contributed by atoms with E-state index in [0.717, 1.165) is 18.0 Å². The zero-order valence-corrected chi connectivity index (χ0v) is 13.4. The molecule has 10 heteroatoms. The van der Waals surface area contributed by atoms with E-state index in [4.69, 9.17) is 4.42 Å². The normalized spacial score (nSPS) is 11.2. The fraction of sp³-hybridized carbons (Fsp3) is 0.250. The first-order chi connectivity index (χ1) is 10.4. The largest absolute Gasteiger partial charge is 0.468 e. The van der Waals surface area contributed by atoms with Crippen LogP contribution in [0.4, 0.5) is 5.69 Å². The number of methoxy groups -OCH3 is 1. The second kappa shape index (κ2) is 6.79. The molecule has 0 unspecified atom stereocenters. The molecule has 2 aromatic rings. The van der Waals surface area contributed by atoms with E-state index in [1.165, 1.54) is 7.11 Å². The first kappa shape index (κ1) is 16.3. The Hall–Kier alpha value is -2.07. The van der Waals surface area contributed by atoms with Gasteiger partial charge in [0, 0.05) is 11.3 Å². The molecule has 2 rings (SSSR count). The Morgan fingerprint density at radius 2 is 2.00 bits per heavy atom. The molecule has 0 fully saturated rings. The molecule has 1 aromatic heterocycles. The number of benzene rings is 1. The van der Waals surface area contributed by atoms with Crippen molar-refractivity contribution in [1.82, 2.24) is 10.2 Å². The minimum atomic E-state index is -3.32. The number of nitrogens with one attached hydrogen (secondary N) is 1.